The van der Waals surface area contributed by atoms with Crippen LogP contribution < -0.4 is 0 Å². The van der Waals surface area contributed by atoms with Crippen molar-refractivity contribution in [2.45, 2.75) is 88.2 Å². The molecule has 0 aromatic carbocycles. The van der Waals surface area contributed by atoms with Crippen molar-refractivity contribution in [3.63, 3.8) is 0 Å². The molecule has 3 aliphatic carbocycles. The summed E-state index contributed by atoms with van der Waals surface area (Å²) in [6.45, 7) is 0. The lowest BCUT2D eigenvalue weighted by molar-refractivity contribution is 0.0170. The molecule has 0 heterocycles. The van der Waals surface area contributed by atoms with Gasteiger partial charge in [-0.2, -0.15) is 0 Å². The summed E-state index contributed by atoms with van der Waals surface area (Å²) in [5.74, 6) is 1.74. The first-order valence-corrected chi connectivity index (χ1v) is 9.35. The van der Waals surface area contributed by atoms with Crippen LogP contribution in [-0.2, 0) is 0 Å². The molecule has 3 rings (SSSR count). The van der Waals surface area contributed by atoms with Crippen LogP contribution in [-0.4, -0.2) is 28.0 Å². The van der Waals surface area contributed by atoms with E-state index in [1.54, 1.807) is 0 Å². The van der Waals surface area contributed by atoms with Crippen molar-refractivity contribution in [2.75, 3.05) is 0 Å². The molecule has 0 N–H and O–H groups in total. The van der Waals surface area contributed by atoms with Gasteiger partial charge < -0.3 is 0 Å². The number of rotatable bonds is 2. The maximum absolute atomic E-state index is 14.3. The SMILES string of the molecule is [B]C1CCC(C2CCC(C3CCC([B])C(F)C3F)CC2)CC1. The van der Waals surface area contributed by atoms with Crippen molar-refractivity contribution >= 4 is 15.7 Å². The normalized spacial score (nSPS) is 50.6. The van der Waals surface area contributed by atoms with Crippen molar-refractivity contribution in [3.8, 4) is 0 Å². The third-order valence-corrected chi connectivity index (χ3v) is 6.86. The topological polar surface area (TPSA) is 0 Å². The second kappa shape index (κ2) is 7.26. The second-order valence-corrected chi connectivity index (χ2v) is 8.14. The fraction of sp³-hybridized carbons (Fsp3) is 1.00. The van der Waals surface area contributed by atoms with Gasteiger partial charge in [-0.15, -0.1) is 0 Å². The Balaban J connectivity index is 1.49. The largest absolute Gasteiger partial charge is 0.245 e. The van der Waals surface area contributed by atoms with Gasteiger partial charge in [-0.3, -0.25) is 0 Å². The molecule has 3 saturated carbocycles. The van der Waals surface area contributed by atoms with E-state index in [1.807, 2.05) is 0 Å². The van der Waals surface area contributed by atoms with Crippen molar-refractivity contribution < 1.29 is 8.78 Å². The smallest absolute Gasteiger partial charge is 0.134 e. The fourth-order valence-corrected chi connectivity index (χ4v) is 5.33. The average molecular weight is 304 g/mol. The van der Waals surface area contributed by atoms with Crippen LogP contribution in [0, 0.1) is 23.7 Å². The van der Waals surface area contributed by atoms with Crippen LogP contribution in [0.2, 0.25) is 11.6 Å². The summed E-state index contributed by atoms with van der Waals surface area (Å²) in [5, 5.41) is 0. The molecule has 4 heteroatoms. The van der Waals surface area contributed by atoms with Crippen LogP contribution in [0.15, 0.2) is 0 Å². The standard InChI is InChI=1S/C18H28B2F2/c19-14-7-5-12(6-8-14)11-1-3-13(4-2-11)15-9-10-16(20)18(22)17(15)21/h11-18H,1-10H2. The molecule has 0 aromatic heterocycles. The third-order valence-electron chi connectivity index (χ3n) is 6.86. The number of alkyl halides is 2. The van der Waals surface area contributed by atoms with E-state index in [9.17, 15) is 8.78 Å². The van der Waals surface area contributed by atoms with E-state index >= 15 is 0 Å². The Morgan fingerprint density at radius 2 is 1.05 bits per heavy atom. The first-order valence-electron chi connectivity index (χ1n) is 9.35. The van der Waals surface area contributed by atoms with Crippen LogP contribution in [0.3, 0.4) is 0 Å². The Morgan fingerprint density at radius 3 is 1.64 bits per heavy atom. The highest BCUT2D eigenvalue weighted by molar-refractivity contribution is 6.12. The molecule has 0 amide bonds. The van der Waals surface area contributed by atoms with Gasteiger partial charge in [0.1, 0.15) is 12.3 Å². The molecular weight excluding hydrogens is 276 g/mol. The van der Waals surface area contributed by atoms with Crippen LogP contribution in [0.25, 0.3) is 0 Å². The van der Waals surface area contributed by atoms with Gasteiger partial charge in [0.25, 0.3) is 0 Å². The zero-order valence-electron chi connectivity index (χ0n) is 13.6. The Hall–Kier alpha value is -0.0101. The highest BCUT2D eigenvalue weighted by Gasteiger charge is 2.42. The summed E-state index contributed by atoms with van der Waals surface area (Å²) in [6, 6.07) is 0. The van der Waals surface area contributed by atoms with E-state index in [0.717, 1.165) is 31.1 Å². The molecule has 0 spiro atoms. The first kappa shape index (κ1) is 16.8. The molecule has 120 valence electrons. The minimum absolute atomic E-state index is 0.0875. The highest BCUT2D eigenvalue weighted by atomic mass is 19.2. The predicted octanol–water partition coefficient (Wildman–Crippen LogP) is 4.98. The molecule has 0 bridgehead atoms. The lowest BCUT2D eigenvalue weighted by Crippen LogP contribution is -2.40. The fourth-order valence-electron chi connectivity index (χ4n) is 5.33. The molecule has 0 aromatic rings. The zero-order chi connectivity index (χ0) is 15.7. The first-order chi connectivity index (χ1) is 10.6. The molecule has 3 aliphatic rings. The average Bonchev–Trinajstić information content (AvgIpc) is 2.54. The highest BCUT2D eigenvalue weighted by Crippen LogP contribution is 2.47. The lowest BCUT2D eigenvalue weighted by atomic mass is 9.61. The van der Waals surface area contributed by atoms with Gasteiger partial charge in [0, 0.05) is 0 Å². The maximum Gasteiger partial charge on any atom is 0.134 e. The second-order valence-electron chi connectivity index (χ2n) is 8.14. The van der Waals surface area contributed by atoms with Crippen LogP contribution in [0.1, 0.15) is 64.2 Å². The van der Waals surface area contributed by atoms with Crippen molar-refractivity contribution in [2.24, 2.45) is 23.7 Å². The monoisotopic (exact) mass is 304 g/mol. The molecule has 22 heavy (non-hydrogen) atoms. The van der Waals surface area contributed by atoms with E-state index in [-0.39, 0.29) is 5.92 Å². The third kappa shape index (κ3) is 3.56. The van der Waals surface area contributed by atoms with Gasteiger partial charge in [0.15, 0.2) is 0 Å². The molecule has 0 nitrogen and oxygen atoms in total. The van der Waals surface area contributed by atoms with E-state index < -0.39 is 18.2 Å². The van der Waals surface area contributed by atoms with E-state index in [0.29, 0.717) is 18.2 Å². The van der Waals surface area contributed by atoms with Crippen LogP contribution >= 0.6 is 0 Å². The van der Waals surface area contributed by atoms with Gasteiger partial charge in [-0.25, -0.2) is 8.78 Å². The Labute approximate surface area is 137 Å². The minimum atomic E-state index is -1.45. The Kier molecular flexibility index (Phi) is 5.56. The van der Waals surface area contributed by atoms with E-state index in [4.69, 9.17) is 15.7 Å². The number of hydrogen-bond donors (Lipinski definition) is 0. The van der Waals surface area contributed by atoms with Gasteiger partial charge >= 0.3 is 0 Å². The Bertz CT molecular complexity index is 349. The van der Waals surface area contributed by atoms with Crippen molar-refractivity contribution in [1.82, 2.24) is 0 Å². The molecule has 0 aliphatic heterocycles. The minimum Gasteiger partial charge on any atom is -0.245 e. The van der Waals surface area contributed by atoms with Gasteiger partial charge in [0.05, 0.1) is 15.7 Å². The molecule has 4 unspecified atom stereocenters. The van der Waals surface area contributed by atoms with E-state index in [1.165, 1.54) is 38.5 Å². The molecule has 4 atom stereocenters. The summed E-state index contributed by atoms with van der Waals surface area (Å²) >= 11 is 0. The molecule has 3 fully saturated rings. The predicted molar refractivity (Wildman–Crippen MR) is 88.9 cm³/mol. The molecular formula is C18H28B2F2. The van der Waals surface area contributed by atoms with Crippen LogP contribution in [0.4, 0.5) is 8.78 Å². The van der Waals surface area contributed by atoms with E-state index in [2.05, 4.69) is 0 Å². The Morgan fingerprint density at radius 1 is 0.545 bits per heavy atom. The number of hydrogen-bond acceptors (Lipinski definition) is 0. The lowest BCUT2D eigenvalue weighted by Gasteiger charge is -2.43. The van der Waals surface area contributed by atoms with Crippen molar-refractivity contribution in [3.05, 3.63) is 0 Å². The van der Waals surface area contributed by atoms with Crippen LogP contribution in [0.5, 0.6) is 0 Å². The van der Waals surface area contributed by atoms with Gasteiger partial charge in [0.2, 0.25) is 0 Å². The maximum atomic E-state index is 14.3. The summed E-state index contributed by atoms with van der Waals surface area (Å²) < 4.78 is 28.2. The quantitative estimate of drug-likeness (QED) is 0.631. The van der Waals surface area contributed by atoms with Crippen molar-refractivity contribution in [1.29, 1.82) is 0 Å². The summed E-state index contributed by atoms with van der Waals surface area (Å²) in [7, 11) is 11.7. The molecule has 0 saturated heterocycles. The van der Waals surface area contributed by atoms with Gasteiger partial charge in [-0.1, -0.05) is 37.9 Å². The summed E-state index contributed by atoms with van der Waals surface area (Å²) in [6.07, 6.45) is 8.09. The van der Waals surface area contributed by atoms with Gasteiger partial charge in [-0.05, 0) is 61.6 Å². The summed E-state index contributed by atoms with van der Waals surface area (Å²) in [5.41, 5.74) is 0. The zero-order valence-corrected chi connectivity index (χ0v) is 13.6. The molecule has 4 radical (unpaired) electrons. The summed E-state index contributed by atoms with van der Waals surface area (Å²) in [4.78, 5) is 0. The number of halogens is 2.